The summed E-state index contributed by atoms with van der Waals surface area (Å²) in [5.74, 6) is 0. The van der Waals surface area contributed by atoms with Crippen molar-refractivity contribution >= 4 is 65.4 Å². The predicted octanol–water partition coefficient (Wildman–Crippen LogP) is 14.3. The molecule has 0 fully saturated rings. The fraction of sp³-hybridized carbons (Fsp3) is 0. The quantitative estimate of drug-likeness (QED) is 0.167. The number of fused-ring (bicyclic) bond motifs is 9. The van der Waals surface area contributed by atoms with E-state index in [1.807, 2.05) is 72.8 Å². The molecule has 0 radical (unpaired) electrons. The summed E-state index contributed by atoms with van der Waals surface area (Å²) in [6, 6.07) is 35.5. The fourth-order valence-electron chi connectivity index (χ4n) is 8.55. The summed E-state index contributed by atoms with van der Waals surface area (Å²) >= 11 is 0. The van der Waals surface area contributed by atoms with Crippen LogP contribution < -0.4 is 0 Å². The van der Waals surface area contributed by atoms with E-state index >= 15 is 0 Å². The molecule has 12 aromatic rings. The van der Waals surface area contributed by atoms with Crippen molar-refractivity contribution in [1.29, 1.82) is 0 Å². The summed E-state index contributed by atoms with van der Waals surface area (Å²) in [7, 11) is 0. The first-order chi connectivity index (χ1) is 33.7. The average Bonchev–Trinajstić information content (AvgIpc) is 4.01. The summed E-state index contributed by atoms with van der Waals surface area (Å²) in [4.78, 5) is 0. The SMILES string of the molecule is [2H]c1c([2H])c([2H])c(-c2c([2H])c(-c3c([2H])c([2H])c([2H])c([2H])c3[2H])c([2H])c(-n3c4ccccc4c4c(-n5c6ccccc6c6ccc(-n7c8ccccc8c8ccccc87)cc65)cccc43)c2[2H])c([2H])c1[2H]. The van der Waals surface area contributed by atoms with Crippen LogP contribution in [-0.4, -0.2) is 13.7 Å². The van der Waals surface area contributed by atoms with Crippen molar-refractivity contribution in [2.75, 3.05) is 0 Å². The molecule has 0 saturated heterocycles. The predicted molar refractivity (Wildman–Crippen MR) is 240 cm³/mol. The summed E-state index contributed by atoms with van der Waals surface area (Å²) < 4.78 is 123. The Kier molecular flexibility index (Phi) is 4.69. The molecule has 0 bridgehead atoms. The molecule has 3 nitrogen and oxygen atoms in total. The van der Waals surface area contributed by atoms with Crippen LogP contribution >= 0.6 is 0 Å². The Balaban J connectivity index is 1.22. The first kappa shape index (κ1) is 21.5. The number of hydrogen-bond donors (Lipinski definition) is 0. The molecule has 0 aliphatic heterocycles. The third-order valence-electron chi connectivity index (χ3n) is 10.9. The summed E-state index contributed by atoms with van der Waals surface area (Å²) in [5, 5.41) is 5.68. The Labute approximate surface area is 347 Å². The lowest BCUT2D eigenvalue weighted by Crippen LogP contribution is -1.98. The third kappa shape index (κ3) is 4.79. The Morgan fingerprint density at radius 2 is 0.772 bits per heavy atom. The van der Waals surface area contributed by atoms with Gasteiger partial charge in [-0.15, -0.1) is 0 Å². The van der Waals surface area contributed by atoms with Crippen LogP contribution in [0, 0.1) is 0 Å². The van der Waals surface area contributed by atoms with Crippen LogP contribution in [0.2, 0.25) is 0 Å². The van der Waals surface area contributed by atoms with E-state index < -0.39 is 101 Å². The van der Waals surface area contributed by atoms with Crippen molar-refractivity contribution in [3.8, 4) is 39.3 Å². The second-order valence-electron chi connectivity index (χ2n) is 13.9. The van der Waals surface area contributed by atoms with Gasteiger partial charge in [0.2, 0.25) is 0 Å². The standard InChI is InChI=1S/C54H35N3/c1-3-16-36(17-4-1)38-32-39(37-18-5-2-6-19-37)34-41(33-38)56-50-27-14-10-23-46(50)54-51(56)28-15-29-52(54)57-49-26-13-9-22-44(49)45-31-30-40(35-53(45)57)55-47-24-11-7-20-42(47)43-21-8-12-25-48(43)55/h1-35H/i1D,2D,3D,4D,5D,6D,16D,17D,18D,19D,32D,33D,34D. The van der Waals surface area contributed by atoms with Gasteiger partial charge in [-0.1, -0.05) is 145 Å². The molecule has 0 aliphatic rings. The molecule has 57 heavy (non-hydrogen) atoms. The van der Waals surface area contributed by atoms with Gasteiger partial charge >= 0.3 is 0 Å². The number of para-hydroxylation sites is 4. The van der Waals surface area contributed by atoms with Crippen LogP contribution in [0.4, 0.5) is 0 Å². The molecule has 0 amide bonds. The van der Waals surface area contributed by atoms with Gasteiger partial charge in [0.25, 0.3) is 0 Å². The smallest absolute Gasteiger partial charge is 0.0651 e. The fourth-order valence-corrected chi connectivity index (χ4v) is 8.55. The van der Waals surface area contributed by atoms with Crippen LogP contribution in [-0.2, 0) is 0 Å². The highest BCUT2D eigenvalue weighted by atomic mass is 15.0. The maximum Gasteiger partial charge on any atom is 0.0651 e. The Morgan fingerprint density at radius 1 is 0.316 bits per heavy atom. The van der Waals surface area contributed by atoms with Gasteiger partial charge in [-0.25, -0.2) is 0 Å². The van der Waals surface area contributed by atoms with Gasteiger partial charge < -0.3 is 13.7 Å². The largest absolute Gasteiger partial charge is 0.309 e. The van der Waals surface area contributed by atoms with E-state index in [4.69, 9.17) is 13.7 Å². The molecule has 3 heteroatoms. The van der Waals surface area contributed by atoms with Crippen LogP contribution in [0.15, 0.2) is 212 Å². The van der Waals surface area contributed by atoms with Gasteiger partial charge in [0.1, 0.15) is 0 Å². The molecule has 0 atom stereocenters. The van der Waals surface area contributed by atoms with Crippen molar-refractivity contribution in [2.45, 2.75) is 0 Å². The molecule has 0 unspecified atom stereocenters. The van der Waals surface area contributed by atoms with Crippen LogP contribution in [0.3, 0.4) is 0 Å². The van der Waals surface area contributed by atoms with Gasteiger partial charge in [0.15, 0.2) is 0 Å². The topological polar surface area (TPSA) is 14.8 Å². The molecule has 0 saturated carbocycles. The lowest BCUT2D eigenvalue weighted by Gasteiger charge is -2.15. The molecule has 0 N–H and O–H groups in total. The Morgan fingerprint density at radius 3 is 1.35 bits per heavy atom. The third-order valence-corrected chi connectivity index (χ3v) is 10.9. The lowest BCUT2D eigenvalue weighted by atomic mass is 9.98. The molecule has 12 rings (SSSR count). The molecule has 0 spiro atoms. The van der Waals surface area contributed by atoms with E-state index in [0.29, 0.717) is 21.8 Å². The minimum atomic E-state index is -0.718. The zero-order valence-corrected chi connectivity index (χ0v) is 30.0. The minimum absolute atomic E-state index is 0.196. The number of aromatic nitrogens is 3. The van der Waals surface area contributed by atoms with Crippen molar-refractivity contribution in [1.82, 2.24) is 13.7 Å². The Hall–Kier alpha value is -7.62. The van der Waals surface area contributed by atoms with E-state index in [2.05, 4.69) is 63.7 Å². The zero-order chi connectivity index (χ0) is 48.8. The second kappa shape index (κ2) is 12.5. The molecule has 9 aromatic carbocycles. The lowest BCUT2D eigenvalue weighted by molar-refractivity contribution is 1.16. The summed E-state index contributed by atoms with van der Waals surface area (Å²) in [5.41, 5.74) is 4.50. The highest BCUT2D eigenvalue weighted by molar-refractivity contribution is 6.17. The average molecular weight is 739 g/mol. The monoisotopic (exact) mass is 738 g/mol. The number of nitrogens with zero attached hydrogens (tertiary/aromatic N) is 3. The van der Waals surface area contributed by atoms with Crippen molar-refractivity contribution in [2.24, 2.45) is 0 Å². The number of hydrogen-bond acceptors (Lipinski definition) is 0. The number of rotatable bonds is 5. The van der Waals surface area contributed by atoms with Crippen molar-refractivity contribution < 1.29 is 17.8 Å². The molecular weight excluding hydrogens is 691 g/mol. The second-order valence-corrected chi connectivity index (χ2v) is 13.9. The molecule has 266 valence electrons. The molecule has 3 aromatic heterocycles. The number of benzene rings is 9. The van der Waals surface area contributed by atoms with E-state index in [1.54, 1.807) is 10.6 Å². The first-order valence-electron chi connectivity index (χ1n) is 25.1. The van der Waals surface area contributed by atoms with E-state index in [-0.39, 0.29) is 5.69 Å². The minimum Gasteiger partial charge on any atom is -0.309 e. The highest BCUT2D eigenvalue weighted by Crippen LogP contribution is 2.42. The van der Waals surface area contributed by atoms with E-state index in [0.717, 1.165) is 55.0 Å². The van der Waals surface area contributed by atoms with Gasteiger partial charge in [-0.05, 0) is 88.9 Å². The zero-order valence-electron chi connectivity index (χ0n) is 43.0. The van der Waals surface area contributed by atoms with E-state index in [1.165, 1.54) is 0 Å². The maximum absolute atomic E-state index is 9.98. The van der Waals surface area contributed by atoms with Gasteiger partial charge in [-0.2, -0.15) is 0 Å². The summed E-state index contributed by atoms with van der Waals surface area (Å²) in [6.45, 7) is 0. The summed E-state index contributed by atoms with van der Waals surface area (Å²) in [6.07, 6.45) is 0. The Bertz CT molecular complexity index is 4090. The van der Waals surface area contributed by atoms with E-state index in [9.17, 15) is 4.11 Å². The van der Waals surface area contributed by atoms with Gasteiger partial charge in [0, 0.05) is 43.7 Å². The highest BCUT2D eigenvalue weighted by Gasteiger charge is 2.21. The van der Waals surface area contributed by atoms with Crippen LogP contribution in [0.25, 0.3) is 105 Å². The van der Waals surface area contributed by atoms with Crippen molar-refractivity contribution in [3.05, 3.63) is 212 Å². The normalized spacial score (nSPS) is 15.1. The molecule has 0 aliphatic carbocycles. The van der Waals surface area contributed by atoms with Crippen LogP contribution in [0.1, 0.15) is 17.8 Å². The van der Waals surface area contributed by atoms with Crippen LogP contribution in [0.5, 0.6) is 0 Å². The maximum atomic E-state index is 9.98. The van der Waals surface area contributed by atoms with Gasteiger partial charge in [0.05, 0.1) is 56.6 Å². The van der Waals surface area contributed by atoms with Crippen molar-refractivity contribution in [3.63, 3.8) is 0 Å². The first-order valence-corrected chi connectivity index (χ1v) is 18.6. The molecular formula is C54H35N3. The van der Waals surface area contributed by atoms with Gasteiger partial charge in [-0.3, -0.25) is 0 Å². The molecule has 3 heterocycles.